The predicted molar refractivity (Wildman–Crippen MR) is 61.0 cm³/mol. The molecule has 2 atom stereocenters. The molecule has 0 bridgehead atoms. The van der Waals surface area contributed by atoms with E-state index in [9.17, 15) is 14.7 Å². The fraction of sp³-hybridized carbons (Fsp3) is 0.833. The molecule has 4 nitrogen and oxygen atoms in total. The van der Waals surface area contributed by atoms with Gasteiger partial charge in [0.25, 0.3) is 0 Å². The Morgan fingerprint density at radius 1 is 1.25 bits per heavy atom. The van der Waals surface area contributed by atoms with Gasteiger partial charge in [-0.3, -0.25) is 9.59 Å². The number of esters is 1. The molecule has 0 amide bonds. The number of ketones is 1. The maximum Gasteiger partial charge on any atom is 0.319 e. The van der Waals surface area contributed by atoms with E-state index in [0.29, 0.717) is 6.42 Å². The van der Waals surface area contributed by atoms with Crippen molar-refractivity contribution in [3.05, 3.63) is 0 Å². The Morgan fingerprint density at radius 2 is 1.88 bits per heavy atom. The molecule has 0 aliphatic rings. The Labute approximate surface area is 97.0 Å². The van der Waals surface area contributed by atoms with Crippen molar-refractivity contribution in [1.29, 1.82) is 0 Å². The van der Waals surface area contributed by atoms with Crippen LogP contribution in [-0.2, 0) is 14.3 Å². The van der Waals surface area contributed by atoms with Crippen molar-refractivity contribution >= 4 is 11.8 Å². The van der Waals surface area contributed by atoms with Crippen LogP contribution in [0.5, 0.6) is 0 Å². The van der Waals surface area contributed by atoms with Crippen molar-refractivity contribution in [1.82, 2.24) is 0 Å². The molecule has 0 fully saturated rings. The largest absolute Gasteiger partial charge is 0.465 e. The van der Waals surface area contributed by atoms with Crippen molar-refractivity contribution < 1.29 is 19.4 Å². The van der Waals surface area contributed by atoms with Gasteiger partial charge < -0.3 is 9.84 Å². The molecule has 16 heavy (non-hydrogen) atoms. The van der Waals surface area contributed by atoms with Gasteiger partial charge in [-0.25, -0.2) is 0 Å². The Balaban J connectivity index is 4.29. The zero-order valence-corrected chi connectivity index (χ0v) is 10.4. The molecule has 2 unspecified atom stereocenters. The second-order valence-electron chi connectivity index (χ2n) is 3.90. The van der Waals surface area contributed by atoms with E-state index < -0.39 is 18.0 Å². The average molecular weight is 230 g/mol. The molecule has 94 valence electrons. The molecule has 0 radical (unpaired) electrons. The Kier molecular flexibility index (Phi) is 7.81. The standard InChI is InChI=1S/C12H22O4/c1-4-6-7-8-10(14)11(9(3)13)12(15)16-5-2/h10-11,14H,4-8H2,1-3H3. The van der Waals surface area contributed by atoms with E-state index >= 15 is 0 Å². The summed E-state index contributed by atoms with van der Waals surface area (Å²) in [6.07, 6.45) is 2.40. The third kappa shape index (κ3) is 5.26. The number of hydrogen-bond acceptors (Lipinski definition) is 4. The number of ether oxygens (including phenoxy) is 1. The molecule has 0 aliphatic heterocycles. The topological polar surface area (TPSA) is 63.6 Å². The summed E-state index contributed by atoms with van der Waals surface area (Å²) >= 11 is 0. The molecular formula is C12H22O4. The first kappa shape index (κ1) is 15.1. The van der Waals surface area contributed by atoms with E-state index in [1.54, 1.807) is 6.92 Å². The van der Waals surface area contributed by atoms with Crippen LogP contribution in [0.3, 0.4) is 0 Å². The maximum atomic E-state index is 11.5. The number of hydrogen-bond donors (Lipinski definition) is 1. The summed E-state index contributed by atoms with van der Waals surface area (Å²) in [6.45, 7) is 5.27. The van der Waals surface area contributed by atoms with Gasteiger partial charge in [0.05, 0.1) is 12.7 Å². The fourth-order valence-corrected chi connectivity index (χ4v) is 1.60. The van der Waals surface area contributed by atoms with Gasteiger partial charge in [-0.1, -0.05) is 26.2 Å². The average Bonchev–Trinajstić information content (AvgIpc) is 2.18. The second kappa shape index (κ2) is 8.28. The molecule has 4 heteroatoms. The molecule has 0 rings (SSSR count). The molecular weight excluding hydrogens is 208 g/mol. The highest BCUT2D eigenvalue weighted by Gasteiger charge is 2.31. The first-order chi connectivity index (χ1) is 7.54. The Hall–Kier alpha value is -0.900. The molecule has 0 saturated carbocycles. The normalized spacial score (nSPS) is 14.2. The van der Waals surface area contributed by atoms with E-state index in [4.69, 9.17) is 4.74 Å². The van der Waals surface area contributed by atoms with Crippen molar-refractivity contribution in [3.63, 3.8) is 0 Å². The molecule has 0 saturated heterocycles. The maximum absolute atomic E-state index is 11.5. The number of Topliss-reactive ketones (excluding diaryl/α,β-unsaturated/α-hetero) is 1. The fourth-order valence-electron chi connectivity index (χ4n) is 1.60. The van der Waals surface area contributed by atoms with Crippen molar-refractivity contribution in [2.24, 2.45) is 5.92 Å². The SMILES string of the molecule is CCCCCC(O)C(C(C)=O)C(=O)OCC. The van der Waals surface area contributed by atoms with Crippen LogP contribution in [0.1, 0.15) is 46.5 Å². The number of carbonyl (C=O) groups excluding carboxylic acids is 2. The van der Waals surface area contributed by atoms with E-state index in [-0.39, 0.29) is 12.4 Å². The van der Waals surface area contributed by atoms with Gasteiger partial charge in [0.15, 0.2) is 0 Å². The summed E-state index contributed by atoms with van der Waals surface area (Å²) in [4.78, 5) is 22.7. The number of unbranched alkanes of at least 4 members (excludes halogenated alkanes) is 2. The highest BCUT2D eigenvalue weighted by atomic mass is 16.5. The number of aliphatic hydroxyl groups is 1. The number of carbonyl (C=O) groups is 2. The van der Waals surface area contributed by atoms with Gasteiger partial charge in [-0.15, -0.1) is 0 Å². The Bertz CT molecular complexity index is 225. The minimum Gasteiger partial charge on any atom is -0.465 e. The second-order valence-corrected chi connectivity index (χ2v) is 3.90. The third-order valence-corrected chi connectivity index (χ3v) is 2.47. The summed E-state index contributed by atoms with van der Waals surface area (Å²) in [5.74, 6) is -1.96. The van der Waals surface area contributed by atoms with Gasteiger partial charge in [0.2, 0.25) is 0 Å². The van der Waals surface area contributed by atoms with E-state index in [1.165, 1.54) is 6.92 Å². The lowest BCUT2D eigenvalue weighted by Crippen LogP contribution is -2.35. The van der Waals surface area contributed by atoms with Crippen LogP contribution in [0.2, 0.25) is 0 Å². The monoisotopic (exact) mass is 230 g/mol. The van der Waals surface area contributed by atoms with Gasteiger partial charge >= 0.3 is 5.97 Å². The minimum atomic E-state index is -1.02. The van der Waals surface area contributed by atoms with Gasteiger partial charge in [-0.2, -0.15) is 0 Å². The molecule has 0 spiro atoms. The smallest absolute Gasteiger partial charge is 0.319 e. The van der Waals surface area contributed by atoms with Crippen LogP contribution in [-0.4, -0.2) is 29.6 Å². The third-order valence-electron chi connectivity index (χ3n) is 2.47. The zero-order chi connectivity index (χ0) is 12.6. The van der Waals surface area contributed by atoms with Crippen LogP contribution < -0.4 is 0 Å². The minimum absolute atomic E-state index is 0.226. The van der Waals surface area contributed by atoms with E-state index in [1.807, 2.05) is 0 Å². The van der Waals surface area contributed by atoms with Gasteiger partial charge in [0, 0.05) is 0 Å². The summed E-state index contributed by atoms with van der Waals surface area (Å²) in [5, 5.41) is 9.78. The van der Waals surface area contributed by atoms with Gasteiger partial charge in [-0.05, 0) is 20.3 Å². The zero-order valence-electron chi connectivity index (χ0n) is 10.4. The van der Waals surface area contributed by atoms with Crippen LogP contribution in [0, 0.1) is 5.92 Å². The lowest BCUT2D eigenvalue weighted by Gasteiger charge is -2.18. The molecule has 0 aromatic heterocycles. The summed E-state index contributed by atoms with van der Waals surface area (Å²) in [6, 6.07) is 0. The van der Waals surface area contributed by atoms with Crippen LogP contribution in [0.4, 0.5) is 0 Å². The van der Waals surface area contributed by atoms with Crippen molar-refractivity contribution in [2.45, 2.75) is 52.6 Å². The number of rotatable bonds is 8. The molecule has 0 aromatic rings. The molecule has 0 heterocycles. The molecule has 1 N–H and O–H groups in total. The first-order valence-electron chi connectivity index (χ1n) is 5.89. The van der Waals surface area contributed by atoms with E-state index in [2.05, 4.69) is 6.92 Å². The highest BCUT2D eigenvalue weighted by molar-refractivity contribution is 5.98. The van der Waals surface area contributed by atoms with Crippen molar-refractivity contribution in [3.8, 4) is 0 Å². The predicted octanol–water partition coefficient (Wildman–Crippen LogP) is 1.70. The van der Waals surface area contributed by atoms with Gasteiger partial charge in [0.1, 0.15) is 11.7 Å². The quantitative estimate of drug-likeness (QED) is 0.391. The van der Waals surface area contributed by atoms with Crippen molar-refractivity contribution in [2.75, 3.05) is 6.61 Å². The molecule has 0 aromatic carbocycles. The highest BCUT2D eigenvalue weighted by Crippen LogP contribution is 2.15. The lowest BCUT2D eigenvalue weighted by atomic mass is 9.94. The van der Waals surface area contributed by atoms with E-state index in [0.717, 1.165) is 19.3 Å². The van der Waals surface area contributed by atoms with Crippen LogP contribution in [0.15, 0.2) is 0 Å². The summed E-state index contributed by atoms with van der Waals surface area (Å²) < 4.78 is 4.77. The summed E-state index contributed by atoms with van der Waals surface area (Å²) in [7, 11) is 0. The number of aliphatic hydroxyl groups excluding tert-OH is 1. The van der Waals surface area contributed by atoms with Crippen LogP contribution >= 0.6 is 0 Å². The summed E-state index contributed by atoms with van der Waals surface area (Å²) in [5.41, 5.74) is 0. The lowest BCUT2D eigenvalue weighted by molar-refractivity contribution is -0.155. The van der Waals surface area contributed by atoms with Crippen LogP contribution in [0.25, 0.3) is 0 Å². The molecule has 0 aliphatic carbocycles. The first-order valence-corrected chi connectivity index (χ1v) is 5.89. The Morgan fingerprint density at radius 3 is 2.31 bits per heavy atom.